The number of amides is 1. The number of carbonyl (C=O) groups is 1. The van der Waals surface area contributed by atoms with E-state index in [1.54, 1.807) is 0 Å². The van der Waals surface area contributed by atoms with Crippen LogP contribution in [0.5, 0.6) is 0 Å². The first-order valence-electron chi connectivity index (χ1n) is 5.22. The standard InChI is InChI=1S/C11H12F3N3O2/c1-6(9(15)17-19)16-10(18)7-4-2-3-5-8(7)11(12,13)14/h2-6,19H,1H3,(H2,15,17)(H,16,18). The van der Waals surface area contributed by atoms with E-state index in [4.69, 9.17) is 10.9 Å². The zero-order valence-electron chi connectivity index (χ0n) is 9.90. The van der Waals surface area contributed by atoms with Gasteiger partial charge in [-0.25, -0.2) is 0 Å². The smallest absolute Gasteiger partial charge is 0.409 e. The van der Waals surface area contributed by atoms with Gasteiger partial charge in [-0.05, 0) is 19.1 Å². The molecule has 0 spiro atoms. The lowest BCUT2D eigenvalue weighted by Crippen LogP contribution is -2.42. The summed E-state index contributed by atoms with van der Waals surface area (Å²) in [6.07, 6.45) is -4.63. The average molecular weight is 275 g/mol. The summed E-state index contributed by atoms with van der Waals surface area (Å²) in [6, 6.07) is 3.48. The van der Waals surface area contributed by atoms with Crippen molar-refractivity contribution in [2.75, 3.05) is 0 Å². The maximum atomic E-state index is 12.7. The van der Waals surface area contributed by atoms with Crippen LogP contribution < -0.4 is 11.1 Å². The van der Waals surface area contributed by atoms with Crippen LogP contribution in [-0.2, 0) is 6.18 Å². The van der Waals surface area contributed by atoms with E-state index < -0.39 is 29.3 Å². The van der Waals surface area contributed by atoms with E-state index in [2.05, 4.69) is 10.5 Å². The summed E-state index contributed by atoms with van der Waals surface area (Å²) >= 11 is 0. The number of alkyl halides is 3. The van der Waals surface area contributed by atoms with Crippen molar-refractivity contribution in [3.05, 3.63) is 35.4 Å². The maximum Gasteiger partial charge on any atom is 0.417 e. The van der Waals surface area contributed by atoms with Crippen LogP contribution in [0.3, 0.4) is 0 Å². The van der Waals surface area contributed by atoms with Gasteiger partial charge in [-0.2, -0.15) is 13.2 Å². The second-order valence-electron chi connectivity index (χ2n) is 3.76. The quantitative estimate of drug-likeness (QED) is 0.338. The summed E-state index contributed by atoms with van der Waals surface area (Å²) in [6.45, 7) is 1.38. The van der Waals surface area contributed by atoms with Gasteiger partial charge < -0.3 is 16.3 Å². The van der Waals surface area contributed by atoms with Gasteiger partial charge in [-0.15, -0.1) is 0 Å². The van der Waals surface area contributed by atoms with Gasteiger partial charge in [-0.1, -0.05) is 17.3 Å². The number of nitrogens with zero attached hydrogens (tertiary/aromatic N) is 1. The molecule has 0 radical (unpaired) electrons. The van der Waals surface area contributed by atoms with Crippen molar-refractivity contribution in [2.24, 2.45) is 10.9 Å². The number of hydrogen-bond donors (Lipinski definition) is 3. The van der Waals surface area contributed by atoms with E-state index in [1.807, 2.05) is 0 Å². The Morgan fingerprint density at radius 3 is 2.53 bits per heavy atom. The highest BCUT2D eigenvalue weighted by Gasteiger charge is 2.35. The average Bonchev–Trinajstić information content (AvgIpc) is 2.36. The third kappa shape index (κ3) is 3.60. The summed E-state index contributed by atoms with van der Waals surface area (Å²) in [5, 5.41) is 13.3. The molecule has 0 aromatic heterocycles. The van der Waals surface area contributed by atoms with E-state index in [0.717, 1.165) is 12.1 Å². The summed E-state index contributed by atoms with van der Waals surface area (Å²) in [7, 11) is 0. The fraction of sp³-hybridized carbons (Fsp3) is 0.273. The third-order valence-corrected chi connectivity index (χ3v) is 2.38. The molecule has 19 heavy (non-hydrogen) atoms. The van der Waals surface area contributed by atoms with Crippen LogP contribution >= 0.6 is 0 Å². The SMILES string of the molecule is CC(NC(=O)c1ccccc1C(F)(F)F)/C(N)=N/O. The molecule has 1 aromatic carbocycles. The second-order valence-corrected chi connectivity index (χ2v) is 3.76. The lowest BCUT2D eigenvalue weighted by molar-refractivity contribution is -0.137. The van der Waals surface area contributed by atoms with Gasteiger partial charge in [0.05, 0.1) is 17.2 Å². The van der Waals surface area contributed by atoms with Crippen molar-refractivity contribution in [1.29, 1.82) is 0 Å². The summed E-state index contributed by atoms with van der Waals surface area (Å²) in [5.74, 6) is -1.26. The number of rotatable bonds is 3. The Morgan fingerprint density at radius 1 is 1.42 bits per heavy atom. The summed E-state index contributed by atoms with van der Waals surface area (Å²) in [4.78, 5) is 11.7. The van der Waals surface area contributed by atoms with Gasteiger partial charge in [-0.3, -0.25) is 4.79 Å². The summed E-state index contributed by atoms with van der Waals surface area (Å²) < 4.78 is 38.1. The van der Waals surface area contributed by atoms with E-state index in [9.17, 15) is 18.0 Å². The highest BCUT2D eigenvalue weighted by atomic mass is 19.4. The summed E-state index contributed by atoms with van der Waals surface area (Å²) in [5.41, 5.74) is 3.67. The number of nitrogens with two attached hydrogens (primary N) is 1. The molecule has 0 bridgehead atoms. The Morgan fingerprint density at radius 2 is 2.00 bits per heavy atom. The van der Waals surface area contributed by atoms with Crippen LogP contribution in [0, 0.1) is 0 Å². The minimum absolute atomic E-state index is 0.308. The molecule has 1 aromatic rings. The van der Waals surface area contributed by atoms with Gasteiger partial charge in [0.15, 0.2) is 5.84 Å². The number of amidine groups is 1. The van der Waals surface area contributed by atoms with Crippen LogP contribution in [0.1, 0.15) is 22.8 Å². The molecule has 0 saturated heterocycles. The molecule has 0 heterocycles. The van der Waals surface area contributed by atoms with Crippen LogP contribution in [0.15, 0.2) is 29.4 Å². The molecular formula is C11H12F3N3O2. The maximum absolute atomic E-state index is 12.7. The molecule has 0 saturated carbocycles. The van der Waals surface area contributed by atoms with E-state index in [1.165, 1.54) is 19.1 Å². The van der Waals surface area contributed by atoms with Crippen molar-refractivity contribution in [2.45, 2.75) is 19.1 Å². The highest BCUT2D eigenvalue weighted by molar-refractivity contribution is 5.99. The molecule has 1 atom stereocenters. The van der Waals surface area contributed by atoms with Crippen LogP contribution in [0.4, 0.5) is 13.2 Å². The molecule has 0 fully saturated rings. The number of benzene rings is 1. The Kier molecular flexibility index (Phi) is 4.36. The molecule has 104 valence electrons. The van der Waals surface area contributed by atoms with Crippen molar-refractivity contribution >= 4 is 11.7 Å². The molecule has 5 nitrogen and oxygen atoms in total. The van der Waals surface area contributed by atoms with Crippen molar-refractivity contribution < 1.29 is 23.2 Å². The van der Waals surface area contributed by atoms with Crippen LogP contribution in [0.2, 0.25) is 0 Å². The van der Waals surface area contributed by atoms with E-state index in [0.29, 0.717) is 0 Å². The highest BCUT2D eigenvalue weighted by Crippen LogP contribution is 2.31. The normalized spacial score (nSPS) is 14.0. The van der Waals surface area contributed by atoms with Gasteiger partial charge in [0.25, 0.3) is 5.91 Å². The van der Waals surface area contributed by atoms with Gasteiger partial charge in [0.2, 0.25) is 0 Å². The monoisotopic (exact) mass is 275 g/mol. The van der Waals surface area contributed by atoms with E-state index in [-0.39, 0.29) is 5.84 Å². The first-order valence-corrected chi connectivity index (χ1v) is 5.22. The number of nitrogens with one attached hydrogen (secondary N) is 1. The minimum Gasteiger partial charge on any atom is -0.409 e. The van der Waals surface area contributed by atoms with Gasteiger partial charge >= 0.3 is 6.18 Å². The van der Waals surface area contributed by atoms with Crippen molar-refractivity contribution in [3.8, 4) is 0 Å². The lowest BCUT2D eigenvalue weighted by atomic mass is 10.1. The van der Waals surface area contributed by atoms with Gasteiger partial charge in [0.1, 0.15) is 0 Å². The fourth-order valence-electron chi connectivity index (χ4n) is 1.36. The Balaban J connectivity index is 3.01. The number of carbonyl (C=O) groups excluding carboxylic acids is 1. The minimum atomic E-state index is -4.63. The molecule has 1 amide bonds. The Labute approximate surface area is 106 Å². The van der Waals surface area contributed by atoms with Crippen LogP contribution in [-0.4, -0.2) is 23.0 Å². The largest absolute Gasteiger partial charge is 0.417 e. The van der Waals surface area contributed by atoms with Crippen molar-refractivity contribution in [1.82, 2.24) is 5.32 Å². The van der Waals surface area contributed by atoms with Crippen molar-refractivity contribution in [3.63, 3.8) is 0 Å². The molecule has 1 rings (SSSR count). The predicted octanol–water partition coefficient (Wildman–Crippen LogP) is 1.57. The number of hydrogen-bond acceptors (Lipinski definition) is 3. The number of halogens is 3. The molecule has 0 aliphatic rings. The Bertz CT molecular complexity index is 500. The Hall–Kier alpha value is -2.25. The first-order chi connectivity index (χ1) is 8.77. The zero-order valence-corrected chi connectivity index (χ0v) is 9.90. The van der Waals surface area contributed by atoms with E-state index >= 15 is 0 Å². The first kappa shape index (κ1) is 14.8. The van der Waals surface area contributed by atoms with Crippen LogP contribution in [0.25, 0.3) is 0 Å². The molecule has 1 unspecified atom stereocenters. The molecular weight excluding hydrogens is 263 g/mol. The molecule has 8 heteroatoms. The fourth-order valence-corrected chi connectivity index (χ4v) is 1.36. The molecule has 0 aliphatic carbocycles. The van der Waals surface area contributed by atoms with Gasteiger partial charge in [0, 0.05) is 0 Å². The molecule has 4 N–H and O–H groups in total. The number of oxime groups is 1. The second kappa shape index (κ2) is 5.59. The lowest BCUT2D eigenvalue weighted by Gasteiger charge is -2.15. The molecule has 0 aliphatic heterocycles. The zero-order chi connectivity index (χ0) is 14.6. The topological polar surface area (TPSA) is 87.7 Å². The predicted molar refractivity (Wildman–Crippen MR) is 61.8 cm³/mol. The third-order valence-electron chi connectivity index (χ3n) is 2.38.